The predicted molar refractivity (Wildman–Crippen MR) is 83.2 cm³/mol. The van der Waals surface area contributed by atoms with Crippen molar-refractivity contribution in [2.45, 2.75) is 12.1 Å². The topological polar surface area (TPSA) is 57.6 Å². The molecule has 0 radical (unpaired) electrons. The summed E-state index contributed by atoms with van der Waals surface area (Å²) in [6.45, 7) is 3.88. The third kappa shape index (κ3) is 1.96. The second kappa shape index (κ2) is 5.24. The average Bonchev–Trinajstić information content (AvgIpc) is 2.78. The third-order valence-corrected chi connectivity index (χ3v) is 3.93. The zero-order chi connectivity index (χ0) is 15.7. The Morgan fingerprint density at radius 2 is 1.77 bits per heavy atom. The van der Waals surface area contributed by atoms with Crippen molar-refractivity contribution in [3.8, 4) is 0 Å². The van der Waals surface area contributed by atoms with Gasteiger partial charge in [-0.3, -0.25) is 9.59 Å². The molecule has 0 saturated carbocycles. The monoisotopic (exact) mass is 293 g/mol. The Bertz CT molecular complexity index is 754. The Morgan fingerprint density at radius 3 is 2.45 bits per heavy atom. The largest absolute Gasteiger partial charge is 0.372 e. The highest BCUT2D eigenvalue weighted by Crippen LogP contribution is 2.44. The van der Waals surface area contributed by atoms with E-state index in [-0.39, 0.29) is 5.57 Å². The quantitative estimate of drug-likeness (QED) is 0.694. The van der Waals surface area contributed by atoms with Crippen LogP contribution in [0.4, 0.5) is 5.69 Å². The molecule has 1 aliphatic heterocycles. The van der Waals surface area contributed by atoms with E-state index in [1.54, 1.807) is 24.3 Å². The van der Waals surface area contributed by atoms with E-state index in [0.29, 0.717) is 24.1 Å². The summed E-state index contributed by atoms with van der Waals surface area (Å²) in [5, 5.41) is 10.8. The van der Waals surface area contributed by atoms with Gasteiger partial charge in [-0.1, -0.05) is 55.1 Å². The molecule has 1 N–H and O–H groups in total. The van der Waals surface area contributed by atoms with Gasteiger partial charge in [-0.2, -0.15) is 0 Å². The van der Waals surface area contributed by atoms with Crippen LogP contribution in [0.25, 0.3) is 0 Å². The number of anilines is 1. The number of hydrogen-bond acceptors (Lipinski definition) is 3. The van der Waals surface area contributed by atoms with Crippen molar-refractivity contribution >= 4 is 17.9 Å². The van der Waals surface area contributed by atoms with Gasteiger partial charge >= 0.3 is 0 Å². The maximum Gasteiger partial charge on any atom is 0.268 e. The molecule has 0 fully saturated rings. The fraction of sp³-hybridized carbons (Fsp3) is 0.111. The molecular formula is C18H15NO3. The number of nitrogens with zero attached hydrogens (tertiary/aromatic N) is 1. The van der Waals surface area contributed by atoms with Gasteiger partial charge in [-0.05, 0) is 11.6 Å². The molecule has 0 saturated heterocycles. The number of carbonyl (C=O) groups excluding carboxylic acids is 2. The molecule has 0 bridgehead atoms. The lowest BCUT2D eigenvalue weighted by atomic mass is 9.89. The zero-order valence-corrected chi connectivity index (χ0v) is 11.9. The summed E-state index contributed by atoms with van der Waals surface area (Å²) in [7, 11) is 0. The van der Waals surface area contributed by atoms with Gasteiger partial charge in [0.05, 0.1) is 12.2 Å². The molecule has 2 aromatic rings. The minimum atomic E-state index is -1.98. The molecule has 22 heavy (non-hydrogen) atoms. The van der Waals surface area contributed by atoms with Crippen molar-refractivity contribution in [2.24, 2.45) is 0 Å². The highest BCUT2D eigenvalue weighted by molar-refractivity contribution is 6.11. The Labute approximate surface area is 128 Å². The van der Waals surface area contributed by atoms with Crippen molar-refractivity contribution in [3.63, 3.8) is 0 Å². The summed E-state index contributed by atoms with van der Waals surface area (Å²) in [6, 6.07) is 16.4. The van der Waals surface area contributed by atoms with E-state index in [1.165, 1.54) is 4.90 Å². The summed E-state index contributed by atoms with van der Waals surface area (Å²) in [4.78, 5) is 25.3. The lowest BCUT2D eigenvalue weighted by Crippen LogP contribution is -2.41. The maximum atomic E-state index is 12.7. The molecule has 1 amide bonds. The van der Waals surface area contributed by atoms with Crippen LogP contribution < -0.4 is 4.90 Å². The lowest BCUT2D eigenvalue weighted by molar-refractivity contribution is -0.134. The molecule has 4 heteroatoms. The van der Waals surface area contributed by atoms with Gasteiger partial charge in [0.25, 0.3) is 5.91 Å². The van der Waals surface area contributed by atoms with E-state index >= 15 is 0 Å². The van der Waals surface area contributed by atoms with Crippen molar-refractivity contribution in [1.29, 1.82) is 0 Å². The third-order valence-electron chi connectivity index (χ3n) is 3.93. The summed E-state index contributed by atoms with van der Waals surface area (Å²) >= 11 is 0. The van der Waals surface area contributed by atoms with E-state index < -0.39 is 11.5 Å². The first-order valence-corrected chi connectivity index (χ1v) is 6.91. The number of benzene rings is 2. The van der Waals surface area contributed by atoms with Crippen molar-refractivity contribution in [2.75, 3.05) is 4.90 Å². The summed E-state index contributed by atoms with van der Waals surface area (Å²) in [5.41, 5.74) is -0.199. The molecule has 0 spiro atoms. The number of amides is 1. The standard InChI is InChI=1S/C18H15NO3/c1-13(12-20)18(22)15-9-5-6-10-16(15)19(17(18)21)11-14-7-3-2-4-8-14/h2-10,12,22H,1,11H2/t18-/m0/s1. The van der Waals surface area contributed by atoms with Crippen LogP contribution in [0.5, 0.6) is 0 Å². The second-order valence-corrected chi connectivity index (χ2v) is 5.25. The van der Waals surface area contributed by atoms with Gasteiger partial charge in [0.2, 0.25) is 0 Å². The SMILES string of the molecule is C=C(C=O)[C@@]1(O)C(=O)N(Cc2ccccc2)c2ccccc21. The fourth-order valence-corrected chi connectivity index (χ4v) is 2.75. The minimum absolute atomic E-state index is 0.152. The van der Waals surface area contributed by atoms with Gasteiger partial charge < -0.3 is 10.0 Å². The molecule has 2 aromatic carbocycles. The summed E-state index contributed by atoms with van der Waals surface area (Å²) in [5.74, 6) is -0.547. The molecule has 1 heterocycles. The van der Waals surface area contributed by atoms with Crippen molar-refractivity contribution in [3.05, 3.63) is 77.9 Å². The van der Waals surface area contributed by atoms with Crippen molar-refractivity contribution in [1.82, 2.24) is 0 Å². The molecule has 1 aliphatic rings. The lowest BCUT2D eigenvalue weighted by Gasteiger charge is -2.22. The predicted octanol–water partition coefficient (Wildman–Crippen LogP) is 2.18. The van der Waals surface area contributed by atoms with Gasteiger partial charge in [-0.15, -0.1) is 0 Å². The number of rotatable bonds is 4. The number of para-hydroxylation sites is 1. The zero-order valence-electron chi connectivity index (χ0n) is 11.9. The van der Waals surface area contributed by atoms with E-state index in [2.05, 4.69) is 6.58 Å². The number of aldehydes is 1. The van der Waals surface area contributed by atoms with Gasteiger partial charge in [0.15, 0.2) is 5.60 Å². The number of aliphatic hydroxyl groups is 1. The van der Waals surface area contributed by atoms with Crippen molar-refractivity contribution < 1.29 is 14.7 Å². The van der Waals surface area contributed by atoms with Gasteiger partial charge in [0, 0.05) is 11.1 Å². The molecule has 110 valence electrons. The average molecular weight is 293 g/mol. The summed E-state index contributed by atoms with van der Waals surface area (Å²) in [6.07, 6.45) is 0.431. The second-order valence-electron chi connectivity index (χ2n) is 5.25. The van der Waals surface area contributed by atoms with E-state index in [0.717, 1.165) is 5.56 Å². The van der Waals surface area contributed by atoms with Crippen LogP contribution in [-0.2, 0) is 21.7 Å². The van der Waals surface area contributed by atoms with Crippen LogP contribution in [0.15, 0.2) is 66.7 Å². The maximum absolute atomic E-state index is 12.7. The van der Waals surface area contributed by atoms with Crippen LogP contribution in [0.1, 0.15) is 11.1 Å². The van der Waals surface area contributed by atoms with Crippen LogP contribution in [0, 0.1) is 0 Å². The van der Waals surface area contributed by atoms with Gasteiger partial charge in [-0.25, -0.2) is 0 Å². The first-order valence-electron chi connectivity index (χ1n) is 6.91. The molecule has 3 rings (SSSR count). The molecule has 0 aromatic heterocycles. The molecule has 0 aliphatic carbocycles. The molecule has 0 unspecified atom stereocenters. The van der Waals surface area contributed by atoms with E-state index in [1.807, 2.05) is 30.3 Å². The fourth-order valence-electron chi connectivity index (χ4n) is 2.75. The molecule has 1 atom stereocenters. The normalized spacial score (nSPS) is 19.9. The van der Waals surface area contributed by atoms with Crippen LogP contribution in [0.3, 0.4) is 0 Å². The number of fused-ring (bicyclic) bond motifs is 1. The molecular weight excluding hydrogens is 278 g/mol. The first-order chi connectivity index (χ1) is 10.6. The Kier molecular flexibility index (Phi) is 3.39. The smallest absolute Gasteiger partial charge is 0.268 e. The van der Waals surface area contributed by atoms with E-state index in [4.69, 9.17) is 0 Å². The summed E-state index contributed by atoms with van der Waals surface area (Å²) < 4.78 is 0. The van der Waals surface area contributed by atoms with Crippen LogP contribution >= 0.6 is 0 Å². The Morgan fingerprint density at radius 1 is 1.14 bits per heavy atom. The van der Waals surface area contributed by atoms with E-state index in [9.17, 15) is 14.7 Å². The van der Waals surface area contributed by atoms with Gasteiger partial charge in [0.1, 0.15) is 6.29 Å². The highest BCUT2D eigenvalue weighted by Gasteiger charge is 2.51. The van der Waals surface area contributed by atoms with Crippen LogP contribution in [-0.4, -0.2) is 17.3 Å². The Balaban J connectivity index is 2.08. The Hall–Kier alpha value is -2.72. The number of hydrogen-bond donors (Lipinski definition) is 1. The highest BCUT2D eigenvalue weighted by atomic mass is 16.3. The molecule has 4 nitrogen and oxygen atoms in total. The minimum Gasteiger partial charge on any atom is -0.372 e. The first kappa shape index (κ1) is 14.2. The number of carbonyl (C=O) groups is 2. The van der Waals surface area contributed by atoms with Crippen LogP contribution in [0.2, 0.25) is 0 Å².